The van der Waals surface area contributed by atoms with E-state index in [0.717, 1.165) is 31.7 Å². The second-order valence-corrected chi connectivity index (χ2v) is 6.38. The molecule has 0 saturated carbocycles. The van der Waals surface area contributed by atoms with E-state index in [1.54, 1.807) is 25.7 Å². The molecule has 0 spiro atoms. The average Bonchev–Trinajstić information content (AvgIpc) is 2.66. The Morgan fingerprint density at radius 3 is 2.90 bits per heavy atom. The fourth-order valence-electron chi connectivity index (χ4n) is 2.32. The lowest BCUT2D eigenvalue weighted by molar-refractivity contribution is -0.155. The molecule has 120 valence electrons. The first-order chi connectivity index (χ1) is 9.95. The van der Waals surface area contributed by atoms with E-state index in [2.05, 4.69) is 0 Å². The minimum atomic E-state index is -0.749. The molecule has 2 saturated heterocycles. The summed E-state index contributed by atoms with van der Waals surface area (Å²) in [6.07, 6.45) is 1.94. The van der Waals surface area contributed by atoms with Gasteiger partial charge in [-0.1, -0.05) is 0 Å². The van der Waals surface area contributed by atoms with Gasteiger partial charge in [0.05, 0.1) is 24.7 Å². The lowest BCUT2D eigenvalue weighted by Crippen LogP contribution is -2.33. The van der Waals surface area contributed by atoms with Crippen molar-refractivity contribution in [3.05, 3.63) is 0 Å². The summed E-state index contributed by atoms with van der Waals surface area (Å²) in [4.78, 5) is 25.4. The Morgan fingerprint density at radius 1 is 1.48 bits per heavy atom. The number of hydrogen-bond donors (Lipinski definition) is 0. The molecule has 2 aliphatic rings. The van der Waals surface area contributed by atoms with Gasteiger partial charge in [0.25, 0.3) is 0 Å². The molecule has 0 radical (unpaired) electrons. The van der Waals surface area contributed by atoms with Crippen molar-refractivity contribution in [2.45, 2.75) is 39.7 Å². The zero-order valence-corrected chi connectivity index (χ0v) is 13.5. The molecule has 0 aliphatic carbocycles. The number of carbonyl (C=O) groups excluding carboxylic acids is 2. The Kier molecular flexibility index (Phi) is 5.34. The highest BCUT2D eigenvalue weighted by atomic mass is 32.2. The van der Waals surface area contributed by atoms with Gasteiger partial charge in [-0.05, 0) is 33.6 Å². The van der Waals surface area contributed by atoms with Gasteiger partial charge in [-0.3, -0.25) is 8.98 Å². The maximum Gasteiger partial charge on any atom is 0.345 e. The van der Waals surface area contributed by atoms with E-state index in [0.29, 0.717) is 13.2 Å². The third-order valence-corrected chi connectivity index (χ3v) is 4.03. The van der Waals surface area contributed by atoms with Crippen LogP contribution in [0, 0.1) is 5.41 Å². The normalized spacial score (nSPS) is 21.9. The van der Waals surface area contributed by atoms with E-state index in [-0.39, 0.29) is 24.6 Å². The van der Waals surface area contributed by atoms with Crippen LogP contribution in [-0.2, 0) is 18.0 Å². The largest absolute Gasteiger partial charge is 0.466 e. The maximum atomic E-state index is 12.0. The van der Waals surface area contributed by atoms with E-state index < -0.39 is 5.41 Å². The van der Waals surface area contributed by atoms with Gasteiger partial charge in [0.2, 0.25) is 0 Å². The van der Waals surface area contributed by atoms with E-state index in [9.17, 15) is 9.59 Å². The number of rotatable bonds is 7. The van der Waals surface area contributed by atoms with Crippen molar-refractivity contribution < 1.29 is 22.8 Å². The van der Waals surface area contributed by atoms with Crippen molar-refractivity contribution in [3.63, 3.8) is 0 Å². The molecule has 0 aromatic heterocycles. The Hall–Kier alpha value is -0.990. The van der Waals surface area contributed by atoms with Crippen molar-refractivity contribution in [2.24, 2.45) is 5.41 Å². The molecule has 1 atom stereocenters. The summed E-state index contributed by atoms with van der Waals surface area (Å²) in [7, 11) is 0. The number of esters is 1. The maximum absolute atomic E-state index is 12.0. The molecular weight excluding hydrogens is 296 g/mol. The number of carbonyl (C=O) groups is 2. The van der Waals surface area contributed by atoms with E-state index >= 15 is 0 Å². The number of hydroxylamine groups is 2. The van der Waals surface area contributed by atoms with Gasteiger partial charge >= 0.3 is 12.0 Å². The van der Waals surface area contributed by atoms with Crippen LogP contribution in [0.2, 0.25) is 0 Å². The summed E-state index contributed by atoms with van der Waals surface area (Å²) in [5.41, 5.74) is -0.749. The number of urea groups is 1. The van der Waals surface area contributed by atoms with Crippen LogP contribution in [0.15, 0.2) is 0 Å². The molecule has 21 heavy (non-hydrogen) atoms. The lowest BCUT2D eigenvalue weighted by atomic mass is 9.95. The number of hydrogen-bond acceptors (Lipinski definition) is 6. The topological polar surface area (TPSA) is 68.3 Å². The molecule has 1 unspecified atom stereocenters. The standard InChI is InChI=1S/C13H22N2O5S/c1-4-18-11(16)13(2,3)9-19-21-20-15-10-6-5-7-14(8-10)12(15)17/h10H,4-9H2,1-3H3. The second kappa shape index (κ2) is 6.85. The summed E-state index contributed by atoms with van der Waals surface area (Å²) in [5, 5.41) is 1.37. The molecule has 2 fully saturated rings. The molecule has 2 bridgehead atoms. The Morgan fingerprint density at radius 2 is 2.24 bits per heavy atom. The third-order valence-electron chi connectivity index (χ3n) is 3.59. The Labute approximate surface area is 129 Å². The summed E-state index contributed by atoms with van der Waals surface area (Å²) < 4.78 is 15.6. The van der Waals surface area contributed by atoms with Crippen molar-refractivity contribution >= 4 is 24.3 Å². The number of piperidine rings is 1. The quantitative estimate of drug-likeness (QED) is 0.406. The van der Waals surface area contributed by atoms with Crippen LogP contribution in [0.25, 0.3) is 0 Å². The molecule has 0 aromatic rings. The fourth-order valence-corrected chi connectivity index (χ4v) is 2.96. The van der Waals surface area contributed by atoms with Gasteiger partial charge in [-0.15, -0.1) is 0 Å². The first kappa shape index (κ1) is 16.4. The first-order valence-corrected chi connectivity index (χ1v) is 7.84. The van der Waals surface area contributed by atoms with Gasteiger partial charge in [0.1, 0.15) is 0 Å². The zero-order valence-electron chi connectivity index (χ0n) is 12.7. The number of amides is 2. The minimum Gasteiger partial charge on any atom is -0.466 e. The van der Waals surface area contributed by atoms with Crippen LogP contribution in [-0.4, -0.2) is 54.3 Å². The van der Waals surface area contributed by atoms with Crippen molar-refractivity contribution in [3.8, 4) is 0 Å². The van der Waals surface area contributed by atoms with E-state index in [1.807, 2.05) is 0 Å². The fraction of sp³-hybridized carbons (Fsp3) is 0.846. The van der Waals surface area contributed by atoms with Crippen molar-refractivity contribution in [1.82, 2.24) is 9.96 Å². The summed E-state index contributed by atoms with van der Waals surface area (Å²) in [5.74, 6) is -0.315. The van der Waals surface area contributed by atoms with Crippen molar-refractivity contribution in [1.29, 1.82) is 0 Å². The van der Waals surface area contributed by atoms with Gasteiger partial charge in [-0.25, -0.2) is 4.79 Å². The Balaban J connectivity index is 1.72. The predicted octanol–water partition coefficient (Wildman–Crippen LogP) is 1.99. The van der Waals surface area contributed by atoms with Gasteiger partial charge in [-0.2, -0.15) is 9.35 Å². The highest BCUT2D eigenvalue weighted by molar-refractivity contribution is 7.89. The number of nitrogens with zero attached hydrogens (tertiary/aromatic N) is 2. The lowest BCUT2D eigenvalue weighted by Gasteiger charge is -2.23. The smallest absolute Gasteiger partial charge is 0.345 e. The van der Waals surface area contributed by atoms with Crippen LogP contribution >= 0.6 is 12.3 Å². The van der Waals surface area contributed by atoms with E-state index in [4.69, 9.17) is 13.2 Å². The SMILES string of the molecule is CCOC(=O)C(C)(C)COSON1C(=O)N2CCCC1C2. The molecule has 0 N–H and O–H groups in total. The molecule has 7 nitrogen and oxygen atoms in total. The highest BCUT2D eigenvalue weighted by Gasteiger charge is 2.41. The molecule has 8 heteroatoms. The monoisotopic (exact) mass is 318 g/mol. The average molecular weight is 318 g/mol. The Bertz CT molecular complexity index is 404. The summed E-state index contributed by atoms with van der Waals surface area (Å²) in [6.45, 7) is 7.23. The third kappa shape index (κ3) is 3.81. The molecular formula is C13H22N2O5S. The van der Waals surface area contributed by atoms with Gasteiger partial charge < -0.3 is 9.64 Å². The van der Waals surface area contributed by atoms with Crippen LogP contribution in [0.3, 0.4) is 0 Å². The van der Waals surface area contributed by atoms with Crippen molar-refractivity contribution in [2.75, 3.05) is 26.3 Å². The zero-order chi connectivity index (χ0) is 15.5. The summed E-state index contributed by atoms with van der Waals surface area (Å²) in [6, 6.07) is -0.0151. The van der Waals surface area contributed by atoms with Crippen LogP contribution in [0.1, 0.15) is 33.6 Å². The van der Waals surface area contributed by atoms with Crippen LogP contribution in [0.5, 0.6) is 0 Å². The first-order valence-electron chi connectivity index (χ1n) is 7.17. The summed E-state index contributed by atoms with van der Waals surface area (Å²) >= 11 is 0.736. The molecule has 2 rings (SSSR count). The second-order valence-electron chi connectivity index (χ2n) is 5.86. The number of fused-ring (bicyclic) bond motifs is 2. The van der Waals surface area contributed by atoms with Crippen LogP contribution < -0.4 is 0 Å². The molecule has 0 aromatic carbocycles. The number of ether oxygens (including phenoxy) is 1. The predicted molar refractivity (Wildman–Crippen MR) is 76.9 cm³/mol. The highest BCUT2D eigenvalue weighted by Crippen LogP contribution is 2.29. The van der Waals surface area contributed by atoms with Crippen LogP contribution in [0.4, 0.5) is 4.79 Å². The molecule has 2 amide bonds. The molecule has 2 heterocycles. The van der Waals surface area contributed by atoms with E-state index in [1.165, 1.54) is 5.06 Å². The van der Waals surface area contributed by atoms with Gasteiger partial charge in [0.15, 0.2) is 12.3 Å². The minimum absolute atomic E-state index is 0.0976. The van der Waals surface area contributed by atoms with Gasteiger partial charge in [0, 0.05) is 13.1 Å². The molecule has 2 aliphatic heterocycles.